The van der Waals surface area contributed by atoms with Gasteiger partial charge in [0.15, 0.2) is 0 Å². The van der Waals surface area contributed by atoms with Gasteiger partial charge in [0, 0.05) is 44.1 Å². The second-order valence-corrected chi connectivity index (χ2v) is 9.97. The van der Waals surface area contributed by atoms with Crippen molar-refractivity contribution in [1.82, 2.24) is 0 Å². The monoisotopic (exact) mass is 546 g/mol. The normalized spacial score (nSPS) is 17.8. The molecule has 0 spiro atoms. The lowest BCUT2D eigenvalue weighted by molar-refractivity contribution is -0.317. The van der Waals surface area contributed by atoms with Crippen LogP contribution in [-0.4, -0.2) is 74.2 Å². The van der Waals surface area contributed by atoms with Crippen molar-refractivity contribution in [3.63, 3.8) is 0 Å². The molecule has 0 radical (unpaired) electrons. The van der Waals surface area contributed by atoms with Crippen molar-refractivity contribution in [2.24, 2.45) is 28.1 Å². The van der Waals surface area contributed by atoms with E-state index in [-0.39, 0.29) is 58.3 Å². The number of aliphatic hydroxyl groups excluding tert-OH is 2. The van der Waals surface area contributed by atoms with Gasteiger partial charge in [-0.1, -0.05) is 34.6 Å². The van der Waals surface area contributed by atoms with Crippen LogP contribution >= 0.6 is 0 Å². The average Bonchev–Trinajstić information content (AvgIpc) is 2.89. The van der Waals surface area contributed by atoms with Crippen molar-refractivity contribution in [1.29, 1.82) is 0 Å². The van der Waals surface area contributed by atoms with E-state index in [0.29, 0.717) is 6.42 Å². The molecule has 0 aliphatic carbocycles. The topological polar surface area (TPSA) is 183 Å². The molecule has 0 aromatic carbocycles. The second kappa shape index (κ2) is 16.7. The SMILES string of the molecule is CCC(C(=O)[O-])C(CC)(CCO)C(=O)OCC(CC)(COC)COC(=O)C(CC)(CCO)C(CC)C(=O)[O-]. The van der Waals surface area contributed by atoms with E-state index in [2.05, 4.69) is 0 Å². The summed E-state index contributed by atoms with van der Waals surface area (Å²) < 4.78 is 16.6. The minimum Gasteiger partial charge on any atom is -0.550 e. The first-order valence-electron chi connectivity index (χ1n) is 13.4. The minimum atomic E-state index is -1.51. The van der Waals surface area contributed by atoms with E-state index in [9.17, 15) is 39.6 Å². The Bertz CT molecular complexity index is 712. The van der Waals surface area contributed by atoms with Gasteiger partial charge in [0.1, 0.15) is 13.2 Å². The van der Waals surface area contributed by atoms with Crippen molar-refractivity contribution in [3.05, 3.63) is 0 Å². The largest absolute Gasteiger partial charge is 0.550 e. The molecule has 0 amide bonds. The highest BCUT2D eigenvalue weighted by atomic mass is 16.6. The van der Waals surface area contributed by atoms with Gasteiger partial charge in [0.05, 0.1) is 22.9 Å². The van der Waals surface area contributed by atoms with Crippen LogP contribution in [0.3, 0.4) is 0 Å². The standard InChI is InChI=1S/C27H48O11/c1-7-19(21(30)31)26(10-4,12-14-28)23(34)37-17-25(9-3,16-36-6)18-38-24(35)27(11-5,13-15-29)20(8-2)22(32)33/h19-20,28-29H,7-18H2,1-6H3,(H,30,31)(H,32,33)/p-2. The van der Waals surface area contributed by atoms with E-state index in [0.717, 1.165) is 0 Å². The molecule has 0 saturated carbocycles. The van der Waals surface area contributed by atoms with Gasteiger partial charge in [0.25, 0.3) is 0 Å². The van der Waals surface area contributed by atoms with Gasteiger partial charge in [-0.15, -0.1) is 0 Å². The molecule has 0 aliphatic heterocycles. The smallest absolute Gasteiger partial charge is 0.312 e. The molecule has 4 unspecified atom stereocenters. The summed E-state index contributed by atoms with van der Waals surface area (Å²) >= 11 is 0. The number of esters is 2. The number of aliphatic carboxylic acids is 2. The van der Waals surface area contributed by atoms with Gasteiger partial charge < -0.3 is 44.2 Å². The fourth-order valence-corrected chi connectivity index (χ4v) is 5.40. The Balaban J connectivity index is 6.08. The van der Waals surface area contributed by atoms with Crippen LogP contribution in [0.1, 0.15) is 79.6 Å². The molecule has 0 aliphatic rings. The molecule has 0 heterocycles. The average molecular weight is 547 g/mol. The van der Waals surface area contributed by atoms with E-state index in [4.69, 9.17) is 14.2 Å². The van der Waals surface area contributed by atoms with E-state index >= 15 is 0 Å². The fraction of sp³-hybridized carbons (Fsp3) is 0.852. The number of carboxylic acids is 2. The third-order valence-corrected chi connectivity index (χ3v) is 8.13. The van der Waals surface area contributed by atoms with Crippen LogP contribution in [0.4, 0.5) is 0 Å². The summed E-state index contributed by atoms with van der Waals surface area (Å²) in [5.41, 5.74) is -4.04. The maximum atomic E-state index is 13.3. The number of carboxylic acid groups (broad SMARTS) is 2. The highest BCUT2D eigenvalue weighted by molar-refractivity contribution is 5.84. The third kappa shape index (κ3) is 8.13. The number of methoxy groups -OCH3 is 1. The summed E-state index contributed by atoms with van der Waals surface area (Å²) in [5.74, 6) is -6.80. The van der Waals surface area contributed by atoms with Gasteiger partial charge >= 0.3 is 11.9 Å². The molecular formula is C27H46O11-2. The number of ether oxygens (including phenoxy) is 3. The van der Waals surface area contributed by atoms with Crippen molar-refractivity contribution in [2.45, 2.75) is 79.6 Å². The summed E-state index contributed by atoms with van der Waals surface area (Å²) in [6.07, 6.45) is 0.457. The molecule has 0 aromatic rings. The van der Waals surface area contributed by atoms with Crippen molar-refractivity contribution < 1.29 is 53.8 Å². The van der Waals surface area contributed by atoms with Crippen LogP contribution in [-0.2, 0) is 33.4 Å². The first-order valence-corrected chi connectivity index (χ1v) is 13.4. The zero-order valence-electron chi connectivity index (χ0n) is 23.7. The molecule has 0 rings (SSSR count). The Morgan fingerprint density at radius 2 is 1.05 bits per heavy atom. The molecule has 2 N–H and O–H groups in total. The van der Waals surface area contributed by atoms with Crippen molar-refractivity contribution >= 4 is 23.9 Å². The number of hydrogen-bond donors (Lipinski definition) is 2. The van der Waals surface area contributed by atoms with Crippen LogP contribution in [0.15, 0.2) is 0 Å². The molecule has 38 heavy (non-hydrogen) atoms. The van der Waals surface area contributed by atoms with Crippen LogP contribution < -0.4 is 10.2 Å². The van der Waals surface area contributed by atoms with Crippen molar-refractivity contribution in [3.8, 4) is 0 Å². The van der Waals surface area contributed by atoms with E-state index < -0.39 is 65.2 Å². The lowest BCUT2D eigenvalue weighted by Gasteiger charge is -2.40. The lowest BCUT2D eigenvalue weighted by Crippen LogP contribution is -2.50. The predicted octanol–water partition coefficient (Wildman–Crippen LogP) is 0.225. The number of aliphatic hydroxyl groups is 2. The highest BCUT2D eigenvalue weighted by Gasteiger charge is 2.48. The Morgan fingerprint density at radius 3 is 1.26 bits per heavy atom. The first-order chi connectivity index (χ1) is 17.9. The maximum Gasteiger partial charge on any atom is 0.312 e. The summed E-state index contributed by atoms with van der Waals surface area (Å²) in [5, 5.41) is 42.8. The number of carbonyl (C=O) groups excluding carboxylic acids is 4. The van der Waals surface area contributed by atoms with Gasteiger partial charge in [-0.05, 0) is 44.9 Å². The fourth-order valence-electron chi connectivity index (χ4n) is 5.40. The molecule has 4 atom stereocenters. The maximum absolute atomic E-state index is 13.3. The van der Waals surface area contributed by atoms with Crippen LogP contribution in [0.5, 0.6) is 0 Å². The summed E-state index contributed by atoms with van der Waals surface area (Å²) in [4.78, 5) is 50.3. The summed E-state index contributed by atoms with van der Waals surface area (Å²) in [7, 11) is 1.42. The van der Waals surface area contributed by atoms with Crippen LogP contribution in [0.2, 0.25) is 0 Å². The van der Waals surface area contributed by atoms with Crippen molar-refractivity contribution in [2.75, 3.05) is 40.1 Å². The number of carbonyl (C=O) groups is 4. The minimum absolute atomic E-state index is 0.0116. The highest BCUT2D eigenvalue weighted by Crippen LogP contribution is 2.41. The quantitative estimate of drug-likeness (QED) is 0.188. The third-order valence-electron chi connectivity index (χ3n) is 8.13. The molecule has 0 aromatic heterocycles. The Morgan fingerprint density at radius 1 is 0.684 bits per heavy atom. The molecule has 0 fully saturated rings. The summed E-state index contributed by atoms with van der Waals surface area (Å²) in [6.45, 7) is 6.86. The Kier molecular flexibility index (Phi) is 15.7. The van der Waals surface area contributed by atoms with Gasteiger partial charge in [-0.25, -0.2) is 0 Å². The van der Waals surface area contributed by atoms with Gasteiger partial charge in [-0.3, -0.25) is 9.59 Å². The zero-order valence-corrected chi connectivity index (χ0v) is 23.7. The Labute approximate surface area is 225 Å². The number of hydrogen-bond acceptors (Lipinski definition) is 11. The molecular weight excluding hydrogens is 500 g/mol. The van der Waals surface area contributed by atoms with Gasteiger partial charge in [-0.2, -0.15) is 0 Å². The predicted molar refractivity (Wildman–Crippen MR) is 133 cm³/mol. The van der Waals surface area contributed by atoms with Crippen LogP contribution in [0.25, 0.3) is 0 Å². The molecule has 0 saturated heterocycles. The number of rotatable bonds is 21. The second-order valence-electron chi connectivity index (χ2n) is 9.97. The lowest BCUT2D eigenvalue weighted by atomic mass is 9.69. The molecule has 0 bridgehead atoms. The first kappa shape index (κ1) is 35.8. The molecule has 11 heteroatoms. The van der Waals surface area contributed by atoms with E-state index in [1.807, 2.05) is 0 Å². The van der Waals surface area contributed by atoms with Crippen LogP contribution in [0, 0.1) is 28.1 Å². The Hall–Kier alpha value is -2.24. The van der Waals surface area contributed by atoms with E-state index in [1.54, 1.807) is 34.6 Å². The molecule has 11 nitrogen and oxygen atoms in total. The molecule has 222 valence electrons. The summed E-state index contributed by atoms with van der Waals surface area (Å²) in [6, 6.07) is 0. The zero-order chi connectivity index (χ0) is 29.6. The van der Waals surface area contributed by atoms with E-state index in [1.165, 1.54) is 7.11 Å². The van der Waals surface area contributed by atoms with Gasteiger partial charge in [0.2, 0.25) is 0 Å².